The predicted molar refractivity (Wildman–Crippen MR) is 200 cm³/mol. The average Bonchev–Trinajstić information content (AvgIpc) is 3.13. The van der Waals surface area contributed by atoms with Crippen molar-refractivity contribution in [3.05, 3.63) is 0 Å². The van der Waals surface area contributed by atoms with Crippen molar-refractivity contribution in [3.63, 3.8) is 0 Å². The summed E-state index contributed by atoms with van der Waals surface area (Å²) in [6.45, 7) is 20.6. The molecule has 2 rings (SSSR count). The summed E-state index contributed by atoms with van der Waals surface area (Å²) in [6, 6.07) is 0. The van der Waals surface area contributed by atoms with Crippen molar-refractivity contribution in [1.29, 1.82) is 0 Å². The fraction of sp³-hybridized carbons (Fsp3) is 0.825. The van der Waals surface area contributed by atoms with Gasteiger partial charge in [0.25, 0.3) is 0 Å². The van der Waals surface area contributed by atoms with Gasteiger partial charge in [0.15, 0.2) is 49.2 Å². The predicted octanol–water partition coefficient (Wildman–Crippen LogP) is 3.05. The number of ether oxygens (including phenoxy) is 10. The summed E-state index contributed by atoms with van der Waals surface area (Å²) < 4.78 is 58.4. The molecule has 2 aliphatic rings. The quantitative estimate of drug-likeness (QED) is 0.154. The van der Waals surface area contributed by atoms with E-state index in [9.17, 15) is 38.7 Å². The highest BCUT2D eigenvalue weighted by atomic mass is 16.7. The summed E-state index contributed by atoms with van der Waals surface area (Å²) in [5.41, 5.74) is 0. The van der Waals surface area contributed by atoms with E-state index < -0.39 is 158 Å². The average molecular weight is 833 g/mol. The van der Waals surface area contributed by atoms with Crippen molar-refractivity contribution in [2.24, 2.45) is 41.4 Å². The molecule has 18 nitrogen and oxygen atoms in total. The van der Waals surface area contributed by atoms with Gasteiger partial charge in [0.05, 0.1) is 48.0 Å². The monoisotopic (exact) mass is 832 g/mol. The standard InChI is InChI=1S/C40H64O18/c1-17(2)32(41)49-15-25-27(54-34(43)19(5)6)29(56-36(45)21(9)10)31(58-38(47)23(13)14)40(52-25)50-16-24-26(53-33(42)18(3)4)28(55-35(44)20(7)8)30(39(48)51-24)57-37(46)22(11)12/h17-31,39-40,48H,15-16H2,1-14H3/t24-,25-,26-,27+,28+,29+,30-,31-,39+,40+/m1/s1. The molecule has 0 spiro atoms. The van der Waals surface area contributed by atoms with Crippen molar-refractivity contribution in [2.75, 3.05) is 13.2 Å². The Labute approximate surface area is 340 Å². The van der Waals surface area contributed by atoms with Crippen molar-refractivity contribution in [1.82, 2.24) is 0 Å². The summed E-state index contributed by atoms with van der Waals surface area (Å²) in [7, 11) is 0. The molecule has 2 saturated heterocycles. The second kappa shape index (κ2) is 22.5. The van der Waals surface area contributed by atoms with E-state index in [0.717, 1.165) is 0 Å². The maximum atomic E-state index is 13.2. The molecular formula is C40H64O18. The molecule has 1 N–H and O–H groups in total. The lowest BCUT2D eigenvalue weighted by molar-refractivity contribution is -0.331. The molecule has 2 aliphatic heterocycles. The molecule has 2 heterocycles. The molecule has 0 amide bonds. The highest BCUT2D eigenvalue weighted by molar-refractivity contribution is 5.75. The van der Waals surface area contributed by atoms with Gasteiger partial charge < -0.3 is 52.5 Å². The molecule has 0 radical (unpaired) electrons. The van der Waals surface area contributed by atoms with E-state index in [1.165, 1.54) is 0 Å². The van der Waals surface area contributed by atoms with Crippen LogP contribution in [0.1, 0.15) is 96.9 Å². The summed E-state index contributed by atoms with van der Waals surface area (Å²) in [6.07, 6.45) is -16.0. The van der Waals surface area contributed by atoms with Gasteiger partial charge in [0.1, 0.15) is 18.8 Å². The van der Waals surface area contributed by atoms with E-state index in [1.807, 2.05) is 0 Å². The van der Waals surface area contributed by atoms with Crippen molar-refractivity contribution >= 4 is 41.8 Å². The van der Waals surface area contributed by atoms with Crippen LogP contribution in [-0.4, -0.2) is 122 Å². The van der Waals surface area contributed by atoms with Crippen LogP contribution < -0.4 is 0 Å². The third kappa shape index (κ3) is 14.2. The summed E-state index contributed by atoms with van der Waals surface area (Å²) >= 11 is 0. The highest BCUT2D eigenvalue weighted by Gasteiger charge is 2.56. The number of carbonyl (C=O) groups excluding carboxylic acids is 7. The molecule has 0 unspecified atom stereocenters. The Morgan fingerprint density at radius 2 is 0.690 bits per heavy atom. The minimum atomic E-state index is -1.94. The van der Waals surface area contributed by atoms with E-state index in [2.05, 4.69) is 0 Å². The molecule has 10 atom stereocenters. The van der Waals surface area contributed by atoms with Crippen LogP contribution in [0.5, 0.6) is 0 Å². The maximum Gasteiger partial charge on any atom is 0.308 e. The number of rotatable bonds is 18. The number of hydrogen-bond donors (Lipinski definition) is 1. The topological polar surface area (TPSA) is 232 Å². The van der Waals surface area contributed by atoms with Gasteiger partial charge >= 0.3 is 41.8 Å². The van der Waals surface area contributed by atoms with Gasteiger partial charge in [0, 0.05) is 0 Å². The van der Waals surface area contributed by atoms with E-state index in [1.54, 1.807) is 96.9 Å². The van der Waals surface area contributed by atoms with Crippen LogP contribution in [0.4, 0.5) is 0 Å². The molecule has 0 bridgehead atoms. The minimum absolute atomic E-state index is 0.531. The van der Waals surface area contributed by atoms with Crippen LogP contribution in [0.15, 0.2) is 0 Å². The van der Waals surface area contributed by atoms with Crippen LogP contribution in [0.2, 0.25) is 0 Å². The largest absolute Gasteiger partial charge is 0.463 e. The zero-order chi connectivity index (χ0) is 44.3. The van der Waals surface area contributed by atoms with E-state index in [0.29, 0.717) is 0 Å². The first-order chi connectivity index (χ1) is 26.9. The Bertz CT molecular complexity index is 1420. The Kier molecular flexibility index (Phi) is 19.5. The summed E-state index contributed by atoms with van der Waals surface area (Å²) in [5.74, 6) is -9.98. The SMILES string of the molecule is CC(C)C(=O)OC[C@H]1O[C@H](OC[C@H]2O[C@H](O)[C@H](OC(=O)C(C)C)[C@@H](OC(=O)C(C)C)[C@@H]2OC(=O)C(C)C)[C@H](OC(=O)C(C)C)[C@@H](OC(=O)C(C)C)[C@H]1OC(=O)C(C)C. The Morgan fingerprint density at radius 1 is 0.397 bits per heavy atom. The molecule has 0 aromatic carbocycles. The number of aliphatic hydroxyl groups excluding tert-OH is 1. The second-order valence-electron chi connectivity index (χ2n) is 16.6. The van der Waals surface area contributed by atoms with Crippen molar-refractivity contribution < 1.29 is 86.0 Å². The van der Waals surface area contributed by atoms with Crippen LogP contribution in [0.3, 0.4) is 0 Å². The summed E-state index contributed by atoms with van der Waals surface area (Å²) in [5, 5.41) is 11.2. The van der Waals surface area contributed by atoms with Gasteiger partial charge in [-0.1, -0.05) is 96.9 Å². The molecule has 0 aromatic heterocycles. The number of hydrogen-bond acceptors (Lipinski definition) is 18. The lowest BCUT2D eigenvalue weighted by Crippen LogP contribution is -2.65. The number of aliphatic hydroxyl groups is 1. The third-order valence-corrected chi connectivity index (χ3v) is 8.83. The minimum Gasteiger partial charge on any atom is -0.463 e. The third-order valence-electron chi connectivity index (χ3n) is 8.83. The van der Waals surface area contributed by atoms with E-state index in [4.69, 9.17) is 47.4 Å². The van der Waals surface area contributed by atoms with Gasteiger partial charge in [0.2, 0.25) is 0 Å². The maximum absolute atomic E-state index is 13.2. The fourth-order valence-corrected chi connectivity index (χ4v) is 5.12. The fourth-order valence-electron chi connectivity index (χ4n) is 5.12. The number of carbonyl (C=O) groups is 7. The van der Waals surface area contributed by atoms with E-state index in [-0.39, 0.29) is 0 Å². The van der Waals surface area contributed by atoms with Crippen LogP contribution in [-0.2, 0) is 80.9 Å². The molecule has 0 aliphatic carbocycles. The molecule has 0 saturated carbocycles. The molecule has 332 valence electrons. The van der Waals surface area contributed by atoms with Gasteiger partial charge in [-0.25, -0.2) is 0 Å². The first kappa shape index (κ1) is 50.3. The lowest BCUT2D eigenvalue weighted by Gasteiger charge is -2.46. The number of esters is 7. The smallest absolute Gasteiger partial charge is 0.308 e. The highest BCUT2D eigenvalue weighted by Crippen LogP contribution is 2.34. The molecule has 2 fully saturated rings. The molecule has 58 heavy (non-hydrogen) atoms. The van der Waals surface area contributed by atoms with Crippen LogP contribution >= 0.6 is 0 Å². The van der Waals surface area contributed by atoms with Crippen molar-refractivity contribution in [3.8, 4) is 0 Å². The zero-order valence-electron chi connectivity index (χ0n) is 36.1. The normalized spacial score (nSPS) is 27.5. The molecule has 0 aromatic rings. The summed E-state index contributed by atoms with van der Waals surface area (Å²) in [4.78, 5) is 91.1. The van der Waals surface area contributed by atoms with Gasteiger partial charge in [-0.05, 0) is 0 Å². The first-order valence-electron chi connectivity index (χ1n) is 19.9. The van der Waals surface area contributed by atoms with Crippen molar-refractivity contribution in [2.45, 2.75) is 158 Å². The molecular weight excluding hydrogens is 768 g/mol. The Hall–Kier alpha value is -3.87. The van der Waals surface area contributed by atoms with Crippen LogP contribution in [0, 0.1) is 41.4 Å². The van der Waals surface area contributed by atoms with Gasteiger partial charge in [-0.2, -0.15) is 0 Å². The Morgan fingerprint density at radius 3 is 1.05 bits per heavy atom. The lowest BCUT2D eigenvalue weighted by atomic mass is 9.96. The van der Waals surface area contributed by atoms with E-state index >= 15 is 0 Å². The zero-order valence-corrected chi connectivity index (χ0v) is 36.1. The molecule has 18 heteroatoms. The van der Waals surface area contributed by atoms with Gasteiger partial charge in [-0.3, -0.25) is 33.6 Å². The Balaban J connectivity index is 2.74. The first-order valence-corrected chi connectivity index (χ1v) is 19.9. The second-order valence-corrected chi connectivity index (χ2v) is 16.6. The van der Waals surface area contributed by atoms with Crippen LogP contribution in [0.25, 0.3) is 0 Å². The van der Waals surface area contributed by atoms with Gasteiger partial charge in [-0.15, -0.1) is 0 Å².